The predicted octanol–water partition coefficient (Wildman–Crippen LogP) is 1.15. The molecule has 126 valence electrons. The molecule has 1 aliphatic rings. The molecule has 0 radical (unpaired) electrons. The van der Waals surface area contributed by atoms with Gasteiger partial charge in [0, 0.05) is 12.2 Å². The van der Waals surface area contributed by atoms with E-state index in [0.717, 1.165) is 17.7 Å². The van der Waals surface area contributed by atoms with Crippen molar-refractivity contribution in [2.45, 2.75) is 32.6 Å². The molecule has 0 atom stereocenters. The normalized spacial score (nSPS) is 13.9. The third-order valence-electron chi connectivity index (χ3n) is 4.28. The van der Waals surface area contributed by atoms with E-state index < -0.39 is 17.2 Å². The van der Waals surface area contributed by atoms with Crippen molar-refractivity contribution in [1.82, 2.24) is 9.97 Å². The van der Waals surface area contributed by atoms with Gasteiger partial charge in [0.1, 0.15) is 11.4 Å². The molecule has 0 aliphatic carbocycles. The minimum absolute atomic E-state index is 0.0227. The number of aromatic nitrogens is 2. The summed E-state index contributed by atoms with van der Waals surface area (Å²) in [6.07, 6.45) is 0.721. The molecule has 1 aromatic carbocycles. The molecule has 1 aromatic heterocycles. The second-order valence-electron chi connectivity index (χ2n) is 7.00. The summed E-state index contributed by atoms with van der Waals surface area (Å²) in [5.74, 6) is -0.474. The van der Waals surface area contributed by atoms with Gasteiger partial charge in [-0.1, -0.05) is 32.9 Å². The van der Waals surface area contributed by atoms with E-state index in [0.29, 0.717) is 6.54 Å². The van der Waals surface area contributed by atoms with Gasteiger partial charge in [0.25, 0.3) is 11.5 Å². The van der Waals surface area contributed by atoms with Gasteiger partial charge < -0.3 is 15.6 Å². The summed E-state index contributed by atoms with van der Waals surface area (Å²) in [6, 6.07) is 6.00. The standard InChI is InChI=1S/C17H20N4O3/c1-17(2,3)10-4-5-11-9(8-10)6-7-21(11)15(23)13-12(18)14(22)20-16(24)19-13/h4-5,8H,6-7,18H2,1-3H3,(H2,19,20,22,24). The SMILES string of the molecule is CC(C)(C)c1ccc2c(c1)CCN2C(=O)c1[nH]c(=O)[nH]c(=O)c1N. The maximum atomic E-state index is 12.7. The van der Waals surface area contributed by atoms with Gasteiger partial charge in [-0.15, -0.1) is 0 Å². The van der Waals surface area contributed by atoms with Crippen molar-refractivity contribution in [2.75, 3.05) is 17.2 Å². The van der Waals surface area contributed by atoms with Crippen LogP contribution in [0.4, 0.5) is 11.4 Å². The fraction of sp³-hybridized carbons (Fsp3) is 0.353. The Balaban J connectivity index is 2.02. The zero-order chi connectivity index (χ0) is 17.6. The van der Waals surface area contributed by atoms with Crippen LogP contribution in [-0.2, 0) is 11.8 Å². The number of fused-ring (bicyclic) bond motifs is 1. The maximum absolute atomic E-state index is 12.7. The Morgan fingerprint density at radius 2 is 1.92 bits per heavy atom. The zero-order valence-corrected chi connectivity index (χ0v) is 13.9. The van der Waals surface area contributed by atoms with E-state index in [9.17, 15) is 14.4 Å². The molecule has 7 heteroatoms. The van der Waals surface area contributed by atoms with Gasteiger partial charge in [0.15, 0.2) is 0 Å². The van der Waals surface area contributed by atoms with Crippen LogP contribution in [-0.4, -0.2) is 22.4 Å². The van der Waals surface area contributed by atoms with Crippen LogP contribution in [0.2, 0.25) is 0 Å². The van der Waals surface area contributed by atoms with E-state index in [-0.39, 0.29) is 16.8 Å². The van der Waals surface area contributed by atoms with Crippen LogP contribution in [0.5, 0.6) is 0 Å². The Labute approximate surface area is 138 Å². The number of amides is 1. The van der Waals surface area contributed by atoms with Crippen LogP contribution in [0, 0.1) is 0 Å². The van der Waals surface area contributed by atoms with Crippen LogP contribution in [0.1, 0.15) is 42.4 Å². The fourth-order valence-corrected chi connectivity index (χ4v) is 2.88. The molecular weight excluding hydrogens is 308 g/mol. The van der Waals surface area contributed by atoms with Crippen LogP contribution < -0.4 is 21.9 Å². The highest BCUT2D eigenvalue weighted by atomic mass is 16.2. The lowest BCUT2D eigenvalue weighted by Gasteiger charge is -2.21. The zero-order valence-electron chi connectivity index (χ0n) is 13.9. The van der Waals surface area contributed by atoms with Crippen molar-refractivity contribution in [3.05, 3.63) is 55.9 Å². The number of H-pyrrole nitrogens is 2. The summed E-state index contributed by atoms with van der Waals surface area (Å²) in [4.78, 5) is 41.7. The molecule has 0 bridgehead atoms. The molecule has 0 fully saturated rings. The molecule has 1 aliphatic heterocycles. The van der Waals surface area contributed by atoms with Gasteiger partial charge in [-0.05, 0) is 29.0 Å². The largest absolute Gasteiger partial charge is 0.392 e. The number of hydrogen-bond donors (Lipinski definition) is 3. The first-order valence-corrected chi connectivity index (χ1v) is 7.76. The number of carbonyl (C=O) groups is 1. The Hall–Kier alpha value is -2.83. The second kappa shape index (κ2) is 5.36. The molecule has 0 unspecified atom stereocenters. The summed E-state index contributed by atoms with van der Waals surface area (Å²) >= 11 is 0. The van der Waals surface area contributed by atoms with Gasteiger partial charge >= 0.3 is 5.69 Å². The number of nitrogen functional groups attached to an aromatic ring is 1. The number of hydrogen-bond acceptors (Lipinski definition) is 4. The average Bonchev–Trinajstić information content (AvgIpc) is 2.92. The van der Waals surface area contributed by atoms with Crippen LogP contribution in [0.3, 0.4) is 0 Å². The molecule has 2 heterocycles. The number of anilines is 2. The summed E-state index contributed by atoms with van der Waals surface area (Å²) < 4.78 is 0. The Kier molecular flexibility index (Phi) is 3.59. The quantitative estimate of drug-likeness (QED) is 0.729. The van der Waals surface area contributed by atoms with E-state index in [4.69, 9.17) is 5.73 Å². The molecule has 0 saturated carbocycles. The Morgan fingerprint density at radius 3 is 2.58 bits per heavy atom. The first kappa shape index (κ1) is 16.0. The molecule has 2 aromatic rings. The number of benzene rings is 1. The summed E-state index contributed by atoms with van der Waals surface area (Å²) in [6.45, 7) is 6.88. The van der Waals surface area contributed by atoms with E-state index >= 15 is 0 Å². The average molecular weight is 328 g/mol. The van der Waals surface area contributed by atoms with Gasteiger partial charge in [0.2, 0.25) is 0 Å². The van der Waals surface area contributed by atoms with Gasteiger partial charge in [-0.2, -0.15) is 0 Å². The molecule has 3 rings (SSSR count). The van der Waals surface area contributed by atoms with E-state index in [1.54, 1.807) is 4.90 Å². The molecule has 0 spiro atoms. The molecule has 24 heavy (non-hydrogen) atoms. The first-order chi connectivity index (χ1) is 11.2. The number of rotatable bonds is 1. The summed E-state index contributed by atoms with van der Waals surface area (Å²) in [5, 5.41) is 0. The van der Waals surface area contributed by atoms with Crippen LogP contribution >= 0.6 is 0 Å². The second-order valence-corrected chi connectivity index (χ2v) is 7.00. The number of nitrogens with two attached hydrogens (primary N) is 1. The highest BCUT2D eigenvalue weighted by Gasteiger charge is 2.29. The number of aromatic amines is 2. The summed E-state index contributed by atoms with van der Waals surface area (Å²) in [7, 11) is 0. The van der Waals surface area contributed by atoms with Crippen molar-refractivity contribution < 1.29 is 4.79 Å². The van der Waals surface area contributed by atoms with Crippen molar-refractivity contribution in [1.29, 1.82) is 0 Å². The highest BCUT2D eigenvalue weighted by molar-refractivity contribution is 6.08. The van der Waals surface area contributed by atoms with E-state index in [1.807, 2.05) is 17.1 Å². The monoisotopic (exact) mass is 328 g/mol. The van der Waals surface area contributed by atoms with E-state index in [2.05, 4.69) is 31.8 Å². The van der Waals surface area contributed by atoms with Crippen molar-refractivity contribution >= 4 is 17.3 Å². The van der Waals surface area contributed by atoms with Crippen molar-refractivity contribution in [2.24, 2.45) is 0 Å². The number of nitrogens with one attached hydrogen (secondary N) is 2. The fourth-order valence-electron chi connectivity index (χ4n) is 2.88. The van der Waals surface area contributed by atoms with Gasteiger partial charge in [-0.25, -0.2) is 4.79 Å². The molecule has 7 nitrogen and oxygen atoms in total. The minimum atomic E-state index is -0.760. The lowest BCUT2D eigenvalue weighted by Crippen LogP contribution is -2.36. The van der Waals surface area contributed by atoms with Gasteiger partial charge in [-0.3, -0.25) is 14.6 Å². The Bertz CT molecular complexity index is 934. The molecule has 0 saturated heterocycles. The predicted molar refractivity (Wildman–Crippen MR) is 92.6 cm³/mol. The first-order valence-electron chi connectivity index (χ1n) is 7.76. The van der Waals surface area contributed by atoms with Crippen molar-refractivity contribution in [3.8, 4) is 0 Å². The number of carbonyl (C=O) groups excluding carboxylic acids is 1. The van der Waals surface area contributed by atoms with Gasteiger partial charge in [0.05, 0.1) is 0 Å². The lowest BCUT2D eigenvalue weighted by atomic mass is 9.86. The molecular formula is C17H20N4O3. The van der Waals surface area contributed by atoms with Crippen LogP contribution in [0.15, 0.2) is 27.8 Å². The molecule has 1 amide bonds. The highest BCUT2D eigenvalue weighted by Crippen LogP contribution is 2.33. The Morgan fingerprint density at radius 1 is 1.21 bits per heavy atom. The number of nitrogens with zero attached hydrogens (tertiary/aromatic N) is 1. The van der Waals surface area contributed by atoms with E-state index in [1.165, 1.54) is 5.56 Å². The topological polar surface area (TPSA) is 112 Å². The van der Waals surface area contributed by atoms with Crippen molar-refractivity contribution in [3.63, 3.8) is 0 Å². The lowest BCUT2D eigenvalue weighted by molar-refractivity contribution is 0.0985. The molecule has 4 N–H and O–H groups in total. The smallest absolute Gasteiger partial charge is 0.326 e. The summed E-state index contributed by atoms with van der Waals surface area (Å²) in [5.41, 5.74) is 6.78. The maximum Gasteiger partial charge on any atom is 0.326 e. The minimum Gasteiger partial charge on any atom is -0.392 e. The third kappa shape index (κ3) is 2.62. The third-order valence-corrected chi connectivity index (χ3v) is 4.28. The van der Waals surface area contributed by atoms with Crippen LogP contribution in [0.25, 0.3) is 0 Å².